The number of aromatic nitrogens is 1. The molecule has 94 valence electrons. The van der Waals surface area contributed by atoms with Crippen molar-refractivity contribution in [1.29, 1.82) is 0 Å². The maximum Gasteiger partial charge on any atom is 0.146 e. The van der Waals surface area contributed by atoms with Crippen molar-refractivity contribution < 1.29 is 9.53 Å². The molecule has 2 aromatic rings. The van der Waals surface area contributed by atoms with E-state index in [0.29, 0.717) is 19.6 Å². The Morgan fingerprint density at radius 2 is 2.28 bits per heavy atom. The largest absolute Gasteiger partial charge is 0.379 e. The Morgan fingerprint density at radius 1 is 1.44 bits per heavy atom. The lowest BCUT2D eigenvalue weighted by molar-refractivity contribution is -0.122. The van der Waals surface area contributed by atoms with Crippen LogP contribution in [0.2, 0.25) is 0 Å². The van der Waals surface area contributed by atoms with E-state index in [9.17, 15) is 4.79 Å². The third-order valence-corrected chi connectivity index (χ3v) is 4.24. The van der Waals surface area contributed by atoms with Gasteiger partial charge in [0.25, 0.3) is 0 Å². The monoisotopic (exact) mass is 262 g/mol. The number of nitrogens with two attached hydrogens (primary N) is 1. The topological polar surface area (TPSA) is 65.2 Å². The molecule has 2 heterocycles. The summed E-state index contributed by atoms with van der Waals surface area (Å²) < 4.78 is 6.34. The van der Waals surface area contributed by atoms with Gasteiger partial charge in [-0.2, -0.15) is 0 Å². The van der Waals surface area contributed by atoms with E-state index in [-0.39, 0.29) is 17.7 Å². The highest BCUT2D eigenvalue weighted by molar-refractivity contribution is 7.18. The van der Waals surface area contributed by atoms with Crippen LogP contribution < -0.4 is 5.73 Å². The molecule has 0 amide bonds. The van der Waals surface area contributed by atoms with Crippen LogP contribution in [0.4, 0.5) is 0 Å². The summed E-state index contributed by atoms with van der Waals surface area (Å²) in [6.45, 7) is 0.932. The highest BCUT2D eigenvalue weighted by Crippen LogP contribution is 2.23. The Balaban J connectivity index is 1.77. The van der Waals surface area contributed by atoms with Crippen LogP contribution in [0.1, 0.15) is 5.01 Å². The van der Waals surface area contributed by atoms with Gasteiger partial charge in [0.1, 0.15) is 10.8 Å². The number of ether oxygens (including phenoxy) is 1. The lowest BCUT2D eigenvalue weighted by Crippen LogP contribution is -2.34. The summed E-state index contributed by atoms with van der Waals surface area (Å²) in [4.78, 5) is 16.6. The molecule has 0 spiro atoms. The third kappa shape index (κ3) is 2.16. The molecule has 2 unspecified atom stereocenters. The van der Waals surface area contributed by atoms with E-state index in [2.05, 4.69) is 4.98 Å². The molecule has 18 heavy (non-hydrogen) atoms. The number of ketones is 1. The summed E-state index contributed by atoms with van der Waals surface area (Å²) in [6, 6.07) is 7.75. The van der Waals surface area contributed by atoms with Gasteiger partial charge in [-0.05, 0) is 12.1 Å². The first-order valence-electron chi connectivity index (χ1n) is 5.94. The van der Waals surface area contributed by atoms with Gasteiger partial charge >= 0.3 is 0 Å². The number of rotatable bonds is 3. The number of nitrogens with zero attached hydrogens (tertiary/aromatic N) is 1. The second-order valence-electron chi connectivity index (χ2n) is 4.53. The van der Waals surface area contributed by atoms with Crippen molar-refractivity contribution in [3.63, 3.8) is 0 Å². The van der Waals surface area contributed by atoms with Crippen molar-refractivity contribution >= 4 is 27.3 Å². The van der Waals surface area contributed by atoms with Crippen LogP contribution in [0.5, 0.6) is 0 Å². The smallest absolute Gasteiger partial charge is 0.146 e. The van der Waals surface area contributed by atoms with Crippen molar-refractivity contribution in [2.75, 3.05) is 13.2 Å². The maximum atomic E-state index is 12.1. The minimum atomic E-state index is -0.169. The summed E-state index contributed by atoms with van der Waals surface area (Å²) in [5.74, 6) is -0.0314. The summed E-state index contributed by atoms with van der Waals surface area (Å²) in [6.07, 6.45) is 0.362. The molecule has 1 saturated heterocycles. The Bertz CT molecular complexity index is 548. The summed E-state index contributed by atoms with van der Waals surface area (Å²) in [5, 5.41) is 0.861. The molecule has 2 N–H and O–H groups in total. The SMILES string of the molecule is NC1COCC1C(=O)Cc1nc2ccccc2s1. The second kappa shape index (κ2) is 4.76. The quantitative estimate of drug-likeness (QED) is 0.907. The Hall–Kier alpha value is -1.30. The molecule has 1 fully saturated rings. The fourth-order valence-electron chi connectivity index (χ4n) is 2.18. The minimum absolute atomic E-state index is 0.138. The van der Waals surface area contributed by atoms with Crippen LogP contribution in [-0.4, -0.2) is 30.0 Å². The highest BCUT2D eigenvalue weighted by atomic mass is 32.1. The van der Waals surface area contributed by atoms with E-state index in [1.54, 1.807) is 11.3 Å². The molecule has 1 aliphatic heterocycles. The van der Waals surface area contributed by atoms with E-state index in [1.807, 2.05) is 24.3 Å². The molecular formula is C13H14N2O2S. The van der Waals surface area contributed by atoms with Gasteiger partial charge in [-0.25, -0.2) is 4.98 Å². The molecule has 1 aromatic heterocycles. The van der Waals surface area contributed by atoms with Gasteiger partial charge in [0, 0.05) is 6.04 Å². The number of Topliss-reactive ketones (excluding diaryl/α,β-unsaturated/α-hetero) is 1. The first-order chi connectivity index (χ1) is 8.74. The molecule has 3 rings (SSSR count). The molecule has 0 radical (unpaired) electrons. The van der Waals surface area contributed by atoms with Gasteiger partial charge in [-0.3, -0.25) is 4.79 Å². The van der Waals surface area contributed by atoms with Crippen LogP contribution in [0.15, 0.2) is 24.3 Å². The number of fused-ring (bicyclic) bond motifs is 1. The summed E-state index contributed by atoms with van der Waals surface area (Å²) >= 11 is 1.57. The van der Waals surface area contributed by atoms with Gasteiger partial charge in [-0.15, -0.1) is 11.3 Å². The number of carbonyl (C=O) groups is 1. The zero-order chi connectivity index (χ0) is 12.5. The Kier molecular flexibility index (Phi) is 3.11. The van der Waals surface area contributed by atoms with Gasteiger partial charge in [0.2, 0.25) is 0 Å². The second-order valence-corrected chi connectivity index (χ2v) is 5.64. The van der Waals surface area contributed by atoms with Gasteiger partial charge in [0.05, 0.1) is 35.8 Å². The molecular weight excluding hydrogens is 248 g/mol. The Labute approximate surface area is 109 Å². The predicted octanol–water partition coefficient (Wildman–Crippen LogP) is 1.38. The lowest BCUT2D eigenvalue weighted by Gasteiger charge is -2.10. The Morgan fingerprint density at radius 3 is 3.00 bits per heavy atom. The van der Waals surface area contributed by atoms with Crippen LogP contribution in [0.3, 0.4) is 0 Å². The van der Waals surface area contributed by atoms with Gasteiger partial charge in [-0.1, -0.05) is 12.1 Å². The fourth-order valence-corrected chi connectivity index (χ4v) is 3.16. The molecule has 0 bridgehead atoms. The number of hydrogen-bond donors (Lipinski definition) is 1. The van der Waals surface area contributed by atoms with Crippen LogP contribution in [0.25, 0.3) is 10.2 Å². The van der Waals surface area contributed by atoms with Crippen molar-refractivity contribution in [1.82, 2.24) is 4.98 Å². The van der Waals surface area contributed by atoms with Crippen molar-refractivity contribution in [2.45, 2.75) is 12.5 Å². The zero-order valence-electron chi connectivity index (χ0n) is 9.83. The van der Waals surface area contributed by atoms with E-state index in [4.69, 9.17) is 10.5 Å². The number of hydrogen-bond acceptors (Lipinski definition) is 5. The molecule has 2 atom stereocenters. The first-order valence-corrected chi connectivity index (χ1v) is 6.76. The summed E-state index contributed by atoms with van der Waals surface area (Å²) in [7, 11) is 0. The number of benzene rings is 1. The number of para-hydroxylation sites is 1. The van der Waals surface area contributed by atoms with Crippen LogP contribution in [-0.2, 0) is 16.0 Å². The maximum absolute atomic E-state index is 12.1. The minimum Gasteiger partial charge on any atom is -0.379 e. The molecule has 1 aliphatic rings. The lowest BCUT2D eigenvalue weighted by atomic mass is 9.97. The van der Waals surface area contributed by atoms with Crippen molar-refractivity contribution in [3.05, 3.63) is 29.3 Å². The average Bonchev–Trinajstić information content (AvgIpc) is 2.94. The summed E-state index contributed by atoms with van der Waals surface area (Å²) in [5.41, 5.74) is 6.80. The van der Waals surface area contributed by atoms with E-state index < -0.39 is 0 Å². The molecule has 0 saturated carbocycles. The molecule has 5 heteroatoms. The van der Waals surface area contributed by atoms with Crippen LogP contribution >= 0.6 is 11.3 Å². The van der Waals surface area contributed by atoms with E-state index in [0.717, 1.165) is 15.2 Å². The van der Waals surface area contributed by atoms with Crippen LogP contribution in [0, 0.1) is 5.92 Å². The average molecular weight is 262 g/mol. The van der Waals surface area contributed by atoms with Crippen molar-refractivity contribution in [2.24, 2.45) is 11.7 Å². The predicted molar refractivity (Wildman–Crippen MR) is 70.6 cm³/mol. The van der Waals surface area contributed by atoms with Gasteiger partial charge < -0.3 is 10.5 Å². The van der Waals surface area contributed by atoms with Gasteiger partial charge in [0.15, 0.2) is 0 Å². The fraction of sp³-hybridized carbons (Fsp3) is 0.385. The molecule has 1 aromatic carbocycles. The normalized spacial score (nSPS) is 23.6. The molecule has 0 aliphatic carbocycles. The number of thiazole rings is 1. The standard InChI is InChI=1S/C13H14N2O2S/c14-9-7-17-6-8(9)11(16)5-13-15-10-3-1-2-4-12(10)18-13/h1-4,8-9H,5-7,14H2. The number of carbonyl (C=O) groups excluding carboxylic acids is 1. The highest BCUT2D eigenvalue weighted by Gasteiger charge is 2.31. The first kappa shape index (κ1) is 11.8. The molecule has 4 nitrogen and oxygen atoms in total. The van der Waals surface area contributed by atoms with E-state index in [1.165, 1.54) is 0 Å². The zero-order valence-corrected chi connectivity index (χ0v) is 10.7. The van der Waals surface area contributed by atoms with Crippen molar-refractivity contribution in [3.8, 4) is 0 Å². The third-order valence-electron chi connectivity index (χ3n) is 3.20. The van der Waals surface area contributed by atoms with E-state index >= 15 is 0 Å².